The van der Waals surface area contributed by atoms with Gasteiger partial charge in [-0.15, -0.1) is 0 Å². The van der Waals surface area contributed by atoms with Gasteiger partial charge in [0.1, 0.15) is 11.5 Å². The number of Topliss-reactive ketones (excluding diaryl/α,β-unsaturated/α-hetero) is 1. The van der Waals surface area contributed by atoms with Crippen LogP contribution >= 0.6 is 11.6 Å². The number of hydrogen-bond acceptors (Lipinski definition) is 5. The normalized spacial score (nSPS) is 17.0. The molecular formula is C29H26ClN3O4. The van der Waals surface area contributed by atoms with Crippen LogP contribution in [0.2, 0.25) is 5.02 Å². The van der Waals surface area contributed by atoms with Crippen molar-refractivity contribution < 1.29 is 19.4 Å². The molecule has 8 heteroatoms. The number of anilines is 2. The molecule has 1 atom stereocenters. The average Bonchev–Trinajstić information content (AvgIpc) is 3.43. The Kier molecular flexibility index (Phi) is 6.39. The van der Waals surface area contributed by atoms with Crippen LogP contribution in [0.1, 0.15) is 24.1 Å². The number of carbonyl (C=O) groups excluding carboxylic acids is 2. The lowest BCUT2D eigenvalue weighted by Crippen LogP contribution is -2.29. The van der Waals surface area contributed by atoms with Crippen molar-refractivity contribution in [1.82, 2.24) is 4.98 Å². The molecule has 7 nitrogen and oxygen atoms in total. The number of benzene rings is 3. The van der Waals surface area contributed by atoms with E-state index in [1.807, 2.05) is 62.3 Å². The molecule has 1 aliphatic rings. The van der Waals surface area contributed by atoms with Gasteiger partial charge in [-0.1, -0.05) is 29.8 Å². The Morgan fingerprint density at radius 3 is 2.51 bits per heavy atom. The topological polar surface area (TPSA) is 85.9 Å². The van der Waals surface area contributed by atoms with Gasteiger partial charge in [0.05, 0.1) is 23.2 Å². The number of rotatable bonds is 6. The van der Waals surface area contributed by atoms with E-state index in [1.54, 1.807) is 36.5 Å². The predicted octanol–water partition coefficient (Wildman–Crippen LogP) is 5.91. The van der Waals surface area contributed by atoms with E-state index < -0.39 is 17.7 Å². The van der Waals surface area contributed by atoms with Crippen LogP contribution in [0.3, 0.4) is 0 Å². The minimum Gasteiger partial charge on any atom is -0.507 e. The molecule has 0 spiro atoms. The van der Waals surface area contributed by atoms with E-state index in [0.29, 0.717) is 34.2 Å². The number of nitrogens with one attached hydrogen (secondary N) is 1. The first-order valence-corrected chi connectivity index (χ1v) is 12.3. The molecular weight excluding hydrogens is 490 g/mol. The van der Waals surface area contributed by atoms with Crippen LogP contribution in [-0.4, -0.2) is 42.5 Å². The summed E-state index contributed by atoms with van der Waals surface area (Å²) in [6.45, 7) is 2.21. The van der Waals surface area contributed by atoms with Crippen molar-refractivity contribution >= 4 is 51.3 Å². The van der Waals surface area contributed by atoms with Gasteiger partial charge in [0.15, 0.2) is 0 Å². The van der Waals surface area contributed by atoms with E-state index in [9.17, 15) is 14.7 Å². The predicted molar refractivity (Wildman–Crippen MR) is 146 cm³/mol. The largest absolute Gasteiger partial charge is 0.507 e. The summed E-state index contributed by atoms with van der Waals surface area (Å²) in [5.74, 6) is -1.39. The molecule has 1 saturated heterocycles. The second-order valence-electron chi connectivity index (χ2n) is 8.95. The zero-order chi connectivity index (χ0) is 26.3. The summed E-state index contributed by atoms with van der Waals surface area (Å²) in [7, 11) is 3.85. The first kappa shape index (κ1) is 24.5. The zero-order valence-corrected chi connectivity index (χ0v) is 21.4. The molecule has 0 saturated carbocycles. The Labute approximate surface area is 219 Å². The summed E-state index contributed by atoms with van der Waals surface area (Å²) in [6.07, 6.45) is 1.78. The minimum absolute atomic E-state index is 0.00351. The molecule has 4 aromatic rings. The number of aromatic nitrogens is 1. The van der Waals surface area contributed by atoms with Gasteiger partial charge in [-0.2, -0.15) is 0 Å². The number of amides is 1. The Morgan fingerprint density at radius 2 is 1.81 bits per heavy atom. The van der Waals surface area contributed by atoms with E-state index in [1.165, 1.54) is 4.90 Å². The number of aromatic amines is 1. The van der Waals surface area contributed by atoms with Crippen molar-refractivity contribution in [1.29, 1.82) is 0 Å². The number of aliphatic hydroxyl groups excluding tert-OH is 1. The van der Waals surface area contributed by atoms with Gasteiger partial charge in [0, 0.05) is 53.7 Å². The summed E-state index contributed by atoms with van der Waals surface area (Å²) in [5, 5.41) is 12.7. The Hall–Kier alpha value is -4.23. The second-order valence-corrected chi connectivity index (χ2v) is 9.35. The highest BCUT2D eigenvalue weighted by Gasteiger charge is 2.47. The molecule has 2 heterocycles. The summed E-state index contributed by atoms with van der Waals surface area (Å²) in [5.41, 5.74) is 3.39. The van der Waals surface area contributed by atoms with Gasteiger partial charge in [-0.25, -0.2) is 0 Å². The monoisotopic (exact) mass is 515 g/mol. The van der Waals surface area contributed by atoms with Crippen molar-refractivity contribution in [2.45, 2.75) is 13.0 Å². The quantitative estimate of drug-likeness (QED) is 0.189. The van der Waals surface area contributed by atoms with E-state index in [4.69, 9.17) is 16.3 Å². The fraction of sp³-hybridized carbons (Fsp3) is 0.172. The summed E-state index contributed by atoms with van der Waals surface area (Å²) in [6, 6.07) is 18.9. The first-order chi connectivity index (χ1) is 17.8. The van der Waals surface area contributed by atoms with Crippen LogP contribution < -0.4 is 14.5 Å². The average molecular weight is 516 g/mol. The smallest absolute Gasteiger partial charge is 0.300 e. The highest BCUT2D eigenvalue weighted by atomic mass is 35.5. The number of H-pyrrole nitrogens is 1. The SMILES string of the molecule is CCOc1cc(/C(O)=C2\C(=O)C(=O)N(c3ccc(N(C)C)cc3)C2c2c[nH]c3ccccc23)ccc1Cl. The molecule has 3 aromatic carbocycles. The van der Waals surface area contributed by atoms with Crippen LogP contribution in [0, 0.1) is 0 Å². The highest BCUT2D eigenvalue weighted by Crippen LogP contribution is 2.45. The minimum atomic E-state index is -0.854. The Bertz CT molecular complexity index is 1540. The number of ether oxygens (including phenoxy) is 1. The molecule has 1 unspecified atom stereocenters. The highest BCUT2D eigenvalue weighted by molar-refractivity contribution is 6.52. The summed E-state index contributed by atoms with van der Waals surface area (Å²) >= 11 is 6.25. The Morgan fingerprint density at radius 1 is 1.08 bits per heavy atom. The number of nitrogens with zero attached hydrogens (tertiary/aromatic N) is 2. The van der Waals surface area contributed by atoms with Crippen LogP contribution in [0.4, 0.5) is 11.4 Å². The number of hydrogen-bond donors (Lipinski definition) is 2. The van der Waals surface area contributed by atoms with E-state index >= 15 is 0 Å². The third kappa shape index (κ3) is 4.21. The number of halogens is 1. The maximum atomic E-state index is 13.5. The van der Waals surface area contributed by atoms with Crippen LogP contribution in [-0.2, 0) is 9.59 Å². The first-order valence-electron chi connectivity index (χ1n) is 11.9. The fourth-order valence-corrected chi connectivity index (χ4v) is 4.87. The molecule has 0 radical (unpaired) electrons. The molecule has 0 bridgehead atoms. The number of ketones is 1. The summed E-state index contributed by atoms with van der Waals surface area (Å²) in [4.78, 5) is 33.6. The van der Waals surface area contributed by atoms with Crippen molar-refractivity contribution in [3.8, 4) is 5.75 Å². The molecule has 1 aliphatic heterocycles. The van der Waals surface area contributed by atoms with Crippen LogP contribution in [0.5, 0.6) is 5.75 Å². The summed E-state index contributed by atoms with van der Waals surface area (Å²) < 4.78 is 5.58. The molecule has 2 N–H and O–H groups in total. The third-order valence-corrected chi connectivity index (χ3v) is 6.82. The second kappa shape index (κ2) is 9.67. The molecule has 0 aliphatic carbocycles. The standard InChI is InChI=1S/C29H26ClN3O4/c1-4-37-24-15-17(9-14-22(24)30)27(34)25-26(21-16-31-23-8-6-5-7-20(21)23)33(29(36)28(25)35)19-12-10-18(11-13-19)32(2)3/h5-16,26,31,34H,4H2,1-3H3/b27-25+. The third-order valence-electron chi connectivity index (χ3n) is 6.51. The van der Waals surface area contributed by atoms with Gasteiger partial charge in [-0.3, -0.25) is 14.5 Å². The van der Waals surface area contributed by atoms with E-state index in [0.717, 1.165) is 16.6 Å². The maximum Gasteiger partial charge on any atom is 0.300 e. The van der Waals surface area contributed by atoms with Crippen molar-refractivity contribution in [3.63, 3.8) is 0 Å². The van der Waals surface area contributed by atoms with Gasteiger partial charge >= 0.3 is 0 Å². The number of fused-ring (bicyclic) bond motifs is 1. The number of para-hydroxylation sites is 1. The van der Waals surface area contributed by atoms with Crippen molar-refractivity contribution in [2.75, 3.05) is 30.5 Å². The van der Waals surface area contributed by atoms with Gasteiger partial charge in [-0.05, 0) is 55.5 Å². The number of aliphatic hydroxyl groups is 1. The lowest BCUT2D eigenvalue weighted by molar-refractivity contribution is -0.132. The Balaban J connectivity index is 1.73. The molecule has 1 fully saturated rings. The van der Waals surface area contributed by atoms with Crippen molar-refractivity contribution in [3.05, 3.63) is 94.6 Å². The van der Waals surface area contributed by atoms with Crippen LogP contribution in [0.15, 0.2) is 78.5 Å². The van der Waals surface area contributed by atoms with Gasteiger partial charge in [0.2, 0.25) is 0 Å². The molecule has 1 aromatic heterocycles. The molecule has 188 valence electrons. The van der Waals surface area contributed by atoms with E-state index in [-0.39, 0.29) is 11.3 Å². The lowest BCUT2D eigenvalue weighted by atomic mass is 9.94. The number of carbonyl (C=O) groups is 2. The van der Waals surface area contributed by atoms with Crippen LogP contribution in [0.25, 0.3) is 16.7 Å². The molecule has 1 amide bonds. The zero-order valence-electron chi connectivity index (χ0n) is 20.7. The lowest BCUT2D eigenvalue weighted by Gasteiger charge is -2.25. The molecule has 37 heavy (non-hydrogen) atoms. The fourth-order valence-electron chi connectivity index (χ4n) is 4.70. The van der Waals surface area contributed by atoms with Crippen molar-refractivity contribution in [2.24, 2.45) is 0 Å². The van der Waals surface area contributed by atoms with Gasteiger partial charge in [0.25, 0.3) is 11.7 Å². The van der Waals surface area contributed by atoms with Gasteiger partial charge < -0.3 is 19.7 Å². The maximum absolute atomic E-state index is 13.5. The molecule has 5 rings (SSSR count). The van der Waals surface area contributed by atoms with E-state index in [2.05, 4.69) is 4.98 Å².